The van der Waals surface area contributed by atoms with Gasteiger partial charge in [0.2, 0.25) is 7.28 Å². The van der Waals surface area contributed by atoms with E-state index in [1.54, 1.807) is 25.7 Å². The van der Waals surface area contributed by atoms with E-state index in [0.29, 0.717) is 4.93 Å². The Bertz CT molecular complexity index is 143. The van der Waals surface area contributed by atoms with Gasteiger partial charge in [0.1, 0.15) is 0 Å². The van der Waals surface area contributed by atoms with E-state index < -0.39 is 0 Å². The summed E-state index contributed by atoms with van der Waals surface area (Å²) >= 11 is 11.0. The fraction of sp³-hybridized carbons (Fsp3) is 0. The van der Waals surface area contributed by atoms with Crippen molar-refractivity contribution >= 4 is 30.7 Å². The highest BCUT2D eigenvalue weighted by molar-refractivity contribution is 6.67. The summed E-state index contributed by atoms with van der Waals surface area (Å²) in [7, 11) is 1.76. The van der Waals surface area contributed by atoms with Crippen molar-refractivity contribution in [1.29, 1.82) is 0 Å². The van der Waals surface area contributed by atoms with E-state index in [0.717, 1.165) is 0 Å². The zero-order valence-corrected chi connectivity index (χ0v) is 5.52. The third-order valence-corrected chi connectivity index (χ3v) is 1.16. The zero-order valence-electron chi connectivity index (χ0n) is 4.01. The Morgan fingerprint density at radius 3 is 2.75 bits per heavy atom. The minimum absolute atomic E-state index is 0.641. The summed E-state index contributed by atoms with van der Waals surface area (Å²) in [5.41, 5.74) is 0. The standard InChI is InChI=1S/C4H3BCl2N/c6-4-3-8(7)2-1-5-4/h1-3H. The second-order valence-electron chi connectivity index (χ2n) is 1.37. The molecule has 0 unspecified atom stereocenters. The monoisotopic (exact) mass is 146 g/mol. The fourth-order valence-electron chi connectivity index (χ4n) is 0.421. The van der Waals surface area contributed by atoms with Gasteiger partial charge in [-0.15, -0.1) is 0 Å². The first-order valence-corrected chi connectivity index (χ1v) is 2.83. The molecule has 0 spiro atoms. The fourth-order valence-corrected chi connectivity index (χ4v) is 0.819. The third kappa shape index (κ3) is 1.46. The molecule has 8 heavy (non-hydrogen) atoms. The van der Waals surface area contributed by atoms with Crippen molar-refractivity contribution in [3.63, 3.8) is 0 Å². The maximum atomic E-state index is 5.54. The van der Waals surface area contributed by atoms with E-state index in [4.69, 9.17) is 23.4 Å². The van der Waals surface area contributed by atoms with Crippen LogP contribution < -0.4 is 0 Å². The second-order valence-corrected chi connectivity index (χ2v) is 2.19. The van der Waals surface area contributed by atoms with Gasteiger partial charge in [0, 0.05) is 24.2 Å². The van der Waals surface area contributed by atoms with E-state index in [1.807, 2.05) is 0 Å². The minimum atomic E-state index is 0.641. The maximum absolute atomic E-state index is 5.54. The van der Waals surface area contributed by atoms with Gasteiger partial charge in [-0.05, 0) is 4.93 Å². The molecule has 1 radical (unpaired) electrons. The predicted octanol–water partition coefficient (Wildman–Crippen LogP) is 1.67. The molecule has 1 rings (SSSR count). The quantitative estimate of drug-likeness (QED) is 0.372. The third-order valence-electron chi connectivity index (χ3n) is 0.731. The van der Waals surface area contributed by atoms with Gasteiger partial charge in [-0.3, -0.25) is 4.42 Å². The number of hydrogen-bond acceptors (Lipinski definition) is 1. The van der Waals surface area contributed by atoms with E-state index in [1.165, 1.54) is 4.42 Å². The normalized spacial score (nSPS) is 17.8. The molecule has 0 aliphatic carbocycles. The average molecular weight is 147 g/mol. The van der Waals surface area contributed by atoms with Gasteiger partial charge < -0.3 is 0 Å². The Kier molecular flexibility index (Phi) is 1.87. The van der Waals surface area contributed by atoms with Crippen molar-refractivity contribution in [3.8, 4) is 0 Å². The Hall–Kier alpha value is -0.0751. The molecule has 0 bridgehead atoms. The molecule has 1 nitrogen and oxygen atoms in total. The lowest BCUT2D eigenvalue weighted by Gasteiger charge is -2.07. The van der Waals surface area contributed by atoms with Crippen LogP contribution >= 0.6 is 23.4 Å². The summed E-state index contributed by atoms with van der Waals surface area (Å²) in [5.74, 6) is 1.77. The maximum Gasteiger partial charge on any atom is 0.201 e. The summed E-state index contributed by atoms with van der Waals surface area (Å²) in [6.45, 7) is 0. The van der Waals surface area contributed by atoms with Gasteiger partial charge in [0.25, 0.3) is 0 Å². The number of rotatable bonds is 0. The van der Waals surface area contributed by atoms with Gasteiger partial charge in [0.15, 0.2) is 0 Å². The van der Waals surface area contributed by atoms with Crippen LogP contribution in [0, 0.1) is 0 Å². The number of nitrogens with zero attached hydrogens (tertiary/aromatic N) is 1. The number of halogens is 2. The highest BCUT2D eigenvalue weighted by Crippen LogP contribution is 2.09. The van der Waals surface area contributed by atoms with Crippen LogP contribution in [-0.2, 0) is 0 Å². The van der Waals surface area contributed by atoms with Crippen molar-refractivity contribution in [2.75, 3.05) is 0 Å². The summed E-state index contributed by atoms with van der Waals surface area (Å²) < 4.78 is 1.38. The first-order valence-electron chi connectivity index (χ1n) is 2.12. The first kappa shape index (κ1) is 6.05. The van der Waals surface area contributed by atoms with Crippen LogP contribution in [0.2, 0.25) is 0 Å². The van der Waals surface area contributed by atoms with E-state index in [9.17, 15) is 0 Å². The van der Waals surface area contributed by atoms with Gasteiger partial charge >= 0.3 is 0 Å². The molecular formula is C4H3BCl2N. The molecule has 41 valence electrons. The van der Waals surface area contributed by atoms with Gasteiger partial charge in [-0.2, -0.15) is 0 Å². The predicted molar refractivity (Wildman–Crippen MR) is 36.5 cm³/mol. The molecule has 0 fully saturated rings. The molecule has 0 N–H and O–H groups in total. The van der Waals surface area contributed by atoms with Crippen molar-refractivity contribution in [2.45, 2.75) is 0 Å². The lowest BCUT2D eigenvalue weighted by atomic mass is 9.78. The lowest BCUT2D eigenvalue weighted by Crippen LogP contribution is -2.02. The van der Waals surface area contributed by atoms with Crippen LogP contribution in [0.5, 0.6) is 0 Å². The van der Waals surface area contributed by atoms with Crippen molar-refractivity contribution < 1.29 is 0 Å². The topological polar surface area (TPSA) is 3.24 Å². The Morgan fingerprint density at radius 2 is 2.38 bits per heavy atom. The van der Waals surface area contributed by atoms with E-state index in [2.05, 4.69) is 0 Å². The van der Waals surface area contributed by atoms with Crippen LogP contribution in [0.4, 0.5) is 0 Å². The van der Waals surface area contributed by atoms with Crippen molar-refractivity contribution in [3.05, 3.63) is 23.3 Å². The largest absolute Gasteiger partial charge is 0.269 e. The molecule has 0 amide bonds. The summed E-state index contributed by atoms with van der Waals surface area (Å²) in [6, 6.07) is 0. The van der Waals surface area contributed by atoms with Crippen LogP contribution in [0.3, 0.4) is 0 Å². The Balaban J connectivity index is 2.60. The molecule has 0 aromatic carbocycles. The summed E-state index contributed by atoms with van der Waals surface area (Å²) in [6.07, 6.45) is 3.32. The summed E-state index contributed by atoms with van der Waals surface area (Å²) in [5, 5.41) is 0. The van der Waals surface area contributed by atoms with E-state index in [-0.39, 0.29) is 0 Å². The van der Waals surface area contributed by atoms with Gasteiger partial charge in [-0.25, -0.2) is 0 Å². The van der Waals surface area contributed by atoms with Crippen LogP contribution in [0.25, 0.3) is 0 Å². The highest BCUT2D eigenvalue weighted by Gasteiger charge is 1.99. The zero-order chi connectivity index (χ0) is 5.98. The highest BCUT2D eigenvalue weighted by atomic mass is 35.5. The van der Waals surface area contributed by atoms with Crippen molar-refractivity contribution in [2.24, 2.45) is 0 Å². The van der Waals surface area contributed by atoms with Crippen LogP contribution in [0.1, 0.15) is 0 Å². The molecule has 1 heterocycles. The van der Waals surface area contributed by atoms with Crippen LogP contribution in [0.15, 0.2) is 23.3 Å². The molecule has 0 aromatic heterocycles. The molecular weight excluding hydrogens is 144 g/mol. The molecule has 0 saturated heterocycles. The molecule has 0 atom stereocenters. The lowest BCUT2D eigenvalue weighted by molar-refractivity contribution is 0.827. The summed E-state index contributed by atoms with van der Waals surface area (Å²) in [4.78, 5) is 0.641. The Labute approximate surface area is 58.9 Å². The SMILES string of the molecule is ClC1=CN(Cl)C=C[B]1. The number of hydrogen-bond donors (Lipinski definition) is 0. The van der Waals surface area contributed by atoms with Gasteiger partial charge in [-0.1, -0.05) is 17.6 Å². The first-order chi connectivity index (χ1) is 3.79. The Morgan fingerprint density at radius 1 is 1.62 bits per heavy atom. The molecule has 0 saturated carbocycles. The molecule has 1 aliphatic heterocycles. The average Bonchev–Trinajstić information content (AvgIpc) is 1.64. The molecule has 0 aromatic rings. The molecule has 1 aliphatic rings. The molecule has 4 heteroatoms. The second kappa shape index (κ2) is 2.47. The minimum Gasteiger partial charge on any atom is -0.269 e. The van der Waals surface area contributed by atoms with Crippen molar-refractivity contribution in [1.82, 2.24) is 4.42 Å². The smallest absolute Gasteiger partial charge is 0.201 e. The van der Waals surface area contributed by atoms with Crippen LogP contribution in [-0.4, -0.2) is 11.7 Å². The van der Waals surface area contributed by atoms with E-state index >= 15 is 0 Å². The van der Waals surface area contributed by atoms with Gasteiger partial charge in [0.05, 0.1) is 0 Å².